The number of carbonyl (C=O) groups excluding carboxylic acids is 2. The molecule has 0 radical (unpaired) electrons. The number of aromatic nitrogens is 1. The van der Waals surface area contributed by atoms with Crippen LogP contribution >= 0.6 is 0 Å². The Morgan fingerprint density at radius 1 is 1.17 bits per heavy atom. The van der Waals surface area contributed by atoms with Gasteiger partial charge in [0, 0.05) is 12.3 Å². The number of esters is 1. The van der Waals surface area contributed by atoms with Gasteiger partial charge in [0.15, 0.2) is 6.61 Å². The van der Waals surface area contributed by atoms with Gasteiger partial charge in [-0.1, -0.05) is 24.3 Å². The fourth-order valence-corrected chi connectivity index (χ4v) is 3.29. The molecule has 0 fully saturated rings. The maximum atomic E-state index is 12.7. The standard InChI is InChI=1S/C20H19F3N2O4/c21-20(22,23)14-8-9-18(27)25(10-14)11-19(28)29-12-17(26)24-16-7-3-5-13-4-1-2-6-15(13)16/h1-2,4,6,8-10,16H,3,5,7,11-12H2,(H,24,26). The molecule has 1 aliphatic carbocycles. The third-order valence-electron chi connectivity index (χ3n) is 4.68. The molecule has 9 heteroatoms. The quantitative estimate of drug-likeness (QED) is 0.772. The smallest absolute Gasteiger partial charge is 0.417 e. The third-order valence-corrected chi connectivity index (χ3v) is 4.68. The summed E-state index contributed by atoms with van der Waals surface area (Å²) >= 11 is 0. The highest BCUT2D eigenvalue weighted by atomic mass is 19.4. The van der Waals surface area contributed by atoms with Crippen LogP contribution in [0, 0.1) is 0 Å². The lowest BCUT2D eigenvalue weighted by Crippen LogP contribution is -2.35. The zero-order valence-corrected chi connectivity index (χ0v) is 15.4. The van der Waals surface area contributed by atoms with Crippen molar-refractivity contribution in [3.8, 4) is 0 Å². The Bertz CT molecular complexity index is 969. The van der Waals surface area contributed by atoms with Gasteiger partial charge in [-0.15, -0.1) is 0 Å². The van der Waals surface area contributed by atoms with Crippen molar-refractivity contribution in [1.82, 2.24) is 9.88 Å². The van der Waals surface area contributed by atoms with Crippen LogP contribution < -0.4 is 10.9 Å². The maximum Gasteiger partial charge on any atom is 0.417 e. The van der Waals surface area contributed by atoms with Gasteiger partial charge in [-0.05, 0) is 36.5 Å². The van der Waals surface area contributed by atoms with Crippen LogP contribution in [0.25, 0.3) is 0 Å². The Morgan fingerprint density at radius 3 is 2.69 bits per heavy atom. The number of pyridine rings is 1. The molecule has 1 aromatic carbocycles. The average molecular weight is 408 g/mol. The highest BCUT2D eigenvalue weighted by molar-refractivity contribution is 5.80. The summed E-state index contributed by atoms with van der Waals surface area (Å²) in [5.41, 5.74) is 0.343. The molecule has 0 saturated carbocycles. The Balaban J connectivity index is 1.55. The zero-order chi connectivity index (χ0) is 21.0. The van der Waals surface area contributed by atoms with Crippen LogP contribution in [0.15, 0.2) is 47.4 Å². The first-order valence-electron chi connectivity index (χ1n) is 9.04. The number of halogens is 3. The van der Waals surface area contributed by atoms with Gasteiger partial charge < -0.3 is 14.6 Å². The predicted molar refractivity (Wildman–Crippen MR) is 96.9 cm³/mol. The number of fused-ring (bicyclic) bond motifs is 1. The molecule has 1 amide bonds. The maximum absolute atomic E-state index is 12.7. The van der Waals surface area contributed by atoms with E-state index in [0.717, 1.165) is 36.5 Å². The molecule has 6 nitrogen and oxygen atoms in total. The molecule has 1 unspecified atom stereocenters. The van der Waals surface area contributed by atoms with E-state index in [1.54, 1.807) is 0 Å². The Hall–Kier alpha value is -3.10. The molecule has 1 aromatic heterocycles. The molecule has 154 valence electrons. The number of hydrogen-bond donors (Lipinski definition) is 1. The lowest BCUT2D eigenvalue weighted by atomic mass is 9.88. The number of alkyl halides is 3. The van der Waals surface area contributed by atoms with Crippen molar-refractivity contribution in [1.29, 1.82) is 0 Å². The second-order valence-electron chi connectivity index (χ2n) is 6.75. The molecule has 1 N–H and O–H groups in total. The van der Waals surface area contributed by atoms with E-state index in [1.165, 1.54) is 0 Å². The summed E-state index contributed by atoms with van der Waals surface area (Å²) in [5, 5.41) is 2.80. The van der Waals surface area contributed by atoms with Gasteiger partial charge in [-0.3, -0.25) is 14.4 Å². The van der Waals surface area contributed by atoms with Crippen LogP contribution in [-0.4, -0.2) is 23.1 Å². The normalized spacial score (nSPS) is 16.0. The third kappa shape index (κ3) is 5.24. The number of nitrogens with one attached hydrogen (secondary N) is 1. The van der Waals surface area contributed by atoms with Crippen molar-refractivity contribution in [2.45, 2.75) is 38.0 Å². The van der Waals surface area contributed by atoms with Crippen LogP contribution in [-0.2, 0) is 33.5 Å². The molecule has 0 spiro atoms. The minimum atomic E-state index is -4.64. The van der Waals surface area contributed by atoms with E-state index < -0.39 is 42.3 Å². The van der Waals surface area contributed by atoms with Crippen molar-refractivity contribution in [3.05, 3.63) is 69.6 Å². The Morgan fingerprint density at radius 2 is 1.93 bits per heavy atom. The minimum Gasteiger partial charge on any atom is -0.454 e. The predicted octanol–water partition coefficient (Wildman–Crippen LogP) is 2.60. The molecule has 0 aliphatic heterocycles. The summed E-state index contributed by atoms with van der Waals surface area (Å²) in [5.74, 6) is -1.50. The van der Waals surface area contributed by atoms with Crippen molar-refractivity contribution in [2.24, 2.45) is 0 Å². The summed E-state index contributed by atoms with van der Waals surface area (Å²) in [6, 6.07) is 8.93. The van der Waals surface area contributed by atoms with Crippen molar-refractivity contribution in [2.75, 3.05) is 6.61 Å². The first-order chi connectivity index (χ1) is 13.7. The fourth-order valence-electron chi connectivity index (χ4n) is 3.29. The van der Waals surface area contributed by atoms with Crippen LogP contribution in [0.1, 0.15) is 35.6 Å². The largest absolute Gasteiger partial charge is 0.454 e. The fraction of sp³-hybridized carbons (Fsp3) is 0.350. The lowest BCUT2D eigenvalue weighted by molar-refractivity contribution is -0.149. The molecule has 2 aromatic rings. The van der Waals surface area contributed by atoms with Crippen LogP contribution in [0.3, 0.4) is 0 Å². The highest BCUT2D eigenvalue weighted by Gasteiger charge is 2.31. The van der Waals surface area contributed by atoms with E-state index in [-0.39, 0.29) is 6.04 Å². The molecular formula is C20H19F3N2O4. The summed E-state index contributed by atoms with van der Waals surface area (Å²) in [7, 11) is 0. The summed E-state index contributed by atoms with van der Waals surface area (Å²) < 4.78 is 43.6. The summed E-state index contributed by atoms with van der Waals surface area (Å²) in [6.45, 7) is -1.30. The number of aryl methyl sites for hydroxylation is 1. The van der Waals surface area contributed by atoms with Gasteiger partial charge in [0.2, 0.25) is 0 Å². The van der Waals surface area contributed by atoms with Crippen molar-refractivity contribution >= 4 is 11.9 Å². The van der Waals surface area contributed by atoms with E-state index >= 15 is 0 Å². The molecule has 1 heterocycles. The van der Waals surface area contributed by atoms with Gasteiger partial charge >= 0.3 is 12.1 Å². The number of carbonyl (C=O) groups is 2. The molecule has 3 rings (SSSR count). The first kappa shape index (κ1) is 20.6. The molecular weight excluding hydrogens is 389 g/mol. The Labute approximate surface area is 164 Å². The van der Waals surface area contributed by atoms with E-state index in [0.29, 0.717) is 16.8 Å². The van der Waals surface area contributed by atoms with Gasteiger partial charge in [0.25, 0.3) is 11.5 Å². The minimum absolute atomic E-state index is 0.183. The second-order valence-corrected chi connectivity index (χ2v) is 6.75. The topological polar surface area (TPSA) is 77.4 Å². The van der Waals surface area contributed by atoms with Crippen LogP contribution in [0.5, 0.6) is 0 Å². The summed E-state index contributed by atoms with van der Waals surface area (Å²) in [6.07, 6.45) is -1.49. The van der Waals surface area contributed by atoms with Crippen LogP contribution in [0.2, 0.25) is 0 Å². The van der Waals surface area contributed by atoms with Crippen molar-refractivity contribution < 1.29 is 27.5 Å². The average Bonchev–Trinajstić information content (AvgIpc) is 2.67. The number of benzene rings is 1. The Kier molecular flexibility index (Phi) is 6.05. The second kappa shape index (κ2) is 8.50. The first-order valence-corrected chi connectivity index (χ1v) is 9.04. The molecule has 0 saturated heterocycles. The van der Waals surface area contributed by atoms with Gasteiger partial charge in [-0.2, -0.15) is 13.2 Å². The van der Waals surface area contributed by atoms with Crippen LogP contribution in [0.4, 0.5) is 13.2 Å². The van der Waals surface area contributed by atoms with E-state index in [2.05, 4.69) is 5.32 Å². The van der Waals surface area contributed by atoms with Gasteiger partial charge in [-0.25, -0.2) is 0 Å². The SMILES string of the molecule is O=C(COC(=O)Cn1cc(C(F)(F)F)ccc1=O)NC1CCCc2ccccc21. The van der Waals surface area contributed by atoms with E-state index in [1.807, 2.05) is 24.3 Å². The molecule has 29 heavy (non-hydrogen) atoms. The lowest BCUT2D eigenvalue weighted by Gasteiger charge is -2.26. The van der Waals surface area contributed by atoms with E-state index in [4.69, 9.17) is 4.74 Å². The number of rotatable bonds is 5. The monoisotopic (exact) mass is 408 g/mol. The molecule has 1 aliphatic rings. The molecule has 1 atom stereocenters. The number of nitrogens with zero attached hydrogens (tertiary/aromatic N) is 1. The summed E-state index contributed by atoms with van der Waals surface area (Å²) in [4.78, 5) is 35.7. The number of hydrogen-bond acceptors (Lipinski definition) is 4. The number of ether oxygens (including phenoxy) is 1. The van der Waals surface area contributed by atoms with Crippen molar-refractivity contribution in [3.63, 3.8) is 0 Å². The highest BCUT2D eigenvalue weighted by Crippen LogP contribution is 2.29. The van der Waals surface area contributed by atoms with Gasteiger partial charge in [0.1, 0.15) is 6.54 Å². The molecule has 0 bridgehead atoms. The number of amides is 1. The van der Waals surface area contributed by atoms with E-state index in [9.17, 15) is 27.6 Å². The van der Waals surface area contributed by atoms with Gasteiger partial charge in [0.05, 0.1) is 11.6 Å². The zero-order valence-electron chi connectivity index (χ0n) is 15.4.